The minimum Gasteiger partial charge on any atom is -0.505 e. The van der Waals surface area contributed by atoms with Crippen molar-refractivity contribution in [2.45, 2.75) is 26.2 Å². The lowest BCUT2D eigenvalue weighted by atomic mass is 9.95. The number of aromatic carboxylic acids is 1. The van der Waals surface area contributed by atoms with E-state index in [1.54, 1.807) is 4.90 Å². The largest absolute Gasteiger partial charge is 0.505 e. The molecule has 0 atom stereocenters. The Kier molecular flexibility index (Phi) is 4.67. The normalized spacial score (nSPS) is 15.8. The van der Waals surface area contributed by atoms with Crippen LogP contribution < -0.4 is 5.32 Å². The van der Waals surface area contributed by atoms with Gasteiger partial charge < -0.3 is 20.4 Å². The first-order chi connectivity index (χ1) is 10.0. The zero-order valence-electron chi connectivity index (χ0n) is 12.0. The van der Waals surface area contributed by atoms with Crippen LogP contribution in [0.2, 0.25) is 0 Å². The quantitative estimate of drug-likeness (QED) is 0.747. The van der Waals surface area contributed by atoms with Gasteiger partial charge in [0.25, 0.3) is 0 Å². The van der Waals surface area contributed by atoms with Crippen LogP contribution in [0.5, 0.6) is 5.75 Å². The number of benzene rings is 1. The van der Waals surface area contributed by atoms with Crippen molar-refractivity contribution in [3.8, 4) is 5.75 Å². The topological polar surface area (TPSA) is 89.9 Å². The molecule has 1 aromatic rings. The highest BCUT2D eigenvalue weighted by Gasteiger charge is 2.23. The fraction of sp³-hybridized carbons (Fsp3) is 0.467. The molecule has 0 radical (unpaired) electrons. The minimum absolute atomic E-state index is 0.123. The summed E-state index contributed by atoms with van der Waals surface area (Å²) in [6, 6.07) is 3.96. The number of aromatic hydroxyl groups is 1. The molecule has 0 spiro atoms. The highest BCUT2D eigenvalue weighted by molar-refractivity contribution is 5.97. The van der Waals surface area contributed by atoms with Crippen LogP contribution in [0.1, 0.15) is 36.5 Å². The van der Waals surface area contributed by atoms with Crippen LogP contribution in [-0.2, 0) is 0 Å². The van der Waals surface area contributed by atoms with E-state index in [9.17, 15) is 14.7 Å². The summed E-state index contributed by atoms with van der Waals surface area (Å²) in [5, 5.41) is 21.4. The SMILES string of the molecule is CCC1CCN(C(=O)Nc2cccc(C(=O)O)c2O)CC1. The fourth-order valence-corrected chi connectivity index (χ4v) is 2.56. The lowest BCUT2D eigenvalue weighted by Gasteiger charge is -2.31. The van der Waals surface area contributed by atoms with E-state index in [0.717, 1.165) is 19.3 Å². The van der Waals surface area contributed by atoms with Crippen LogP contribution >= 0.6 is 0 Å². The molecule has 0 bridgehead atoms. The van der Waals surface area contributed by atoms with Crippen LogP contribution in [0.3, 0.4) is 0 Å². The Morgan fingerprint density at radius 3 is 2.57 bits per heavy atom. The Balaban J connectivity index is 2.03. The number of nitrogens with zero attached hydrogens (tertiary/aromatic N) is 1. The Morgan fingerprint density at radius 2 is 2.00 bits per heavy atom. The van der Waals surface area contributed by atoms with E-state index in [1.807, 2.05) is 0 Å². The van der Waals surface area contributed by atoms with Gasteiger partial charge in [-0.3, -0.25) is 0 Å². The van der Waals surface area contributed by atoms with E-state index >= 15 is 0 Å². The monoisotopic (exact) mass is 292 g/mol. The van der Waals surface area contributed by atoms with Gasteiger partial charge in [-0.2, -0.15) is 0 Å². The first-order valence-corrected chi connectivity index (χ1v) is 7.14. The number of carboxylic acid groups (broad SMARTS) is 1. The molecule has 0 aliphatic carbocycles. The molecular formula is C15H20N2O4. The van der Waals surface area contributed by atoms with E-state index in [2.05, 4.69) is 12.2 Å². The number of amides is 2. The first kappa shape index (κ1) is 15.2. The van der Waals surface area contributed by atoms with Crippen molar-refractivity contribution in [2.24, 2.45) is 5.92 Å². The van der Waals surface area contributed by atoms with Crippen molar-refractivity contribution in [1.82, 2.24) is 4.90 Å². The minimum atomic E-state index is -1.23. The molecule has 6 nitrogen and oxygen atoms in total. The molecule has 21 heavy (non-hydrogen) atoms. The second-order valence-electron chi connectivity index (χ2n) is 5.28. The number of carbonyl (C=O) groups excluding carboxylic acids is 1. The molecule has 6 heteroatoms. The average Bonchev–Trinajstić information content (AvgIpc) is 2.49. The van der Waals surface area contributed by atoms with Crippen LogP contribution in [0, 0.1) is 5.92 Å². The van der Waals surface area contributed by atoms with Crippen molar-refractivity contribution in [3.63, 3.8) is 0 Å². The van der Waals surface area contributed by atoms with Gasteiger partial charge >= 0.3 is 12.0 Å². The third kappa shape index (κ3) is 3.45. The average molecular weight is 292 g/mol. The van der Waals surface area contributed by atoms with Crippen LogP contribution in [-0.4, -0.2) is 40.2 Å². The zero-order valence-corrected chi connectivity index (χ0v) is 12.0. The Morgan fingerprint density at radius 1 is 1.33 bits per heavy atom. The molecule has 1 aliphatic rings. The molecule has 0 aromatic heterocycles. The summed E-state index contributed by atoms with van der Waals surface area (Å²) >= 11 is 0. The number of para-hydroxylation sites is 1. The molecule has 2 rings (SSSR count). The van der Waals surface area contributed by atoms with Gasteiger partial charge in [-0.15, -0.1) is 0 Å². The summed E-state index contributed by atoms with van der Waals surface area (Å²) in [6.07, 6.45) is 3.08. The summed E-state index contributed by atoms with van der Waals surface area (Å²) in [5.74, 6) is -0.980. The highest BCUT2D eigenvalue weighted by Crippen LogP contribution is 2.28. The third-order valence-corrected chi connectivity index (χ3v) is 3.99. The number of anilines is 1. The number of rotatable bonds is 3. The van der Waals surface area contributed by atoms with Gasteiger partial charge in [-0.1, -0.05) is 19.4 Å². The molecule has 114 valence electrons. The Bertz CT molecular complexity index is 536. The predicted molar refractivity (Wildman–Crippen MR) is 78.7 cm³/mol. The van der Waals surface area contributed by atoms with Gasteiger partial charge in [0.1, 0.15) is 5.56 Å². The van der Waals surface area contributed by atoms with Gasteiger partial charge in [0.05, 0.1) is 5.69 Å². The second kappa shape index (κ2) is 6.47. The third-order valence-electron chi connectivity index (χ3n) is 3.99. The summed E-state index contributed by atoms with van der Waals surface area (Å²) < 4.78 is 0. The van der Waals surface area contributed by atoms with Crippen LogP contribution in [0.25, 0.3) is 0 Å². The number of carbonyl (C=O) groups is 2. The lowest BCUT2D eigenvalue weighted by Crippen LogP contribution is -2.41. The van der Waals surface area contributed by atoms with Gasteiger partial charge in [0, 0.05) is 13.1 Å². The number of urea groups is 1. The maximum Gasteiger partial charge on any atom is 0.339 e. The highest BCUT2D eigenvalue weighted by atomic mass is 16.4. The van der Waals surface area contributed by atoms with E-state index in [-0.39, 0.29) is 17.3 Å². The molecule has 2 amide bonds. The Labute approximate surface area is 123 Å². The lowest BCUT2D eigenvalue weighted by molar-refractivity contribution is 0.0693. The molecule has 0 unspecified atom stereocenters. The van der Waals surface area contributed by atoms with Gasteiger partial charge in [0.2, 0.25) is 0 Å². The molecule has 1 heterocycles. The smallest absolute Gasteiger partial charge is 0.339 e. The summed E-state index contributed by atoms with van der Waals surface area (Å²) in [6.45, 7) is 3.52. The first-order valence-electron chi connectivity index (χ1n) is 7.14. The molecule has 3 N–H and O–H groups in total. The molecule has 1 aliphatic heterocycles. The number of hydrogen-bond donors (Lipinski definition) is 3. The van der Waals surface area contributed by atoms with E-state index in [0.29, 0.717) is 19.0 Å². The number of nitrogens with one attached hydrogen (secondary N) is 1. The summed E-state index contributed by atoms with van der Waals surface area (Å²) in [7, 11) is 0. The fourth-order valence-electron chi connectivity index (χ4n) is 2.56. The summed E-state index contributed by atoms with van der Waals surface area (Å²) in [4.78, 5) is 24.8. The van der Waals surface area contributed by atoms with E-state index in [1.165, 1.54) is 18.2 Å². The van der Waals surface area contributed by atoms with Crippen molar-refractivity contribution < 1.29 is 19.8 Å². The Hall–Kier alpha value is -2.24. The maximum atomic E-state index is 12.2. The number of carboxylic acids is 1. The molecular weight excluding hydrogens is 272 g/mol. The second-order valence-corrected chi connectivity index (χ2v) is 5.28. The number of likely N-dealkylation sites (tertiary alicyclic amines) is 1. The number of piperidine rings is 1. The van der Waals surface area contributed by atoms with E-state index in [4.69, 9.17) is 5.11 Å². The van der Waals surface area contributed by atoms with Crippen LogP contribution in [0.4, 0.5) is 10.5 Å². The number of phenols is 1. The van der Waals surface area contributed by atoms with Crippen molar-refractivity contribution in [1.29, 1.82) is 0 Å². The number of hydrogen-bond acceptors (Lipinski definition) is 3. The zero-order chi connectivity index (χ0) is 15.4. The van der Waals surface area contributed by atoms with E-state index < -0.39 is 11.7 Å². The van der Waals surface area contributed by atoms with Gasteiger partial charge in [-0.25, -0.2) is 9.59 Å². The molecule has 1 fully saturated rings. The van der Waals surface area contributed by atoms with Gasteiger partial charge in [-0.05, 0) is 30.9 Å². The molecule has 1 saturated heterocycles. The molecule has 1 aromatic carbocycles. The van der Waals surface area contributed by atoms with Crippen molar-refractivity contribution >= 4 is 17.7 Å². The maximum absolute atomic E-state index is 12.2. The standard InChI is InChI=1S/C15H20N2O4/c1-2-10-6-8-17(9-7-10)15(21)16-12-5-3-4-11(13(12)18)14(19)20/h3-5,10,18H,2,6-9H2,1H3,(H,16,21)(H,19,20). The predicted octanol–water partition coefficient (Wildman–Crippen LogP) is 2.74. The molecule has 0 saturated carbocycles. The van der Waals surface area contributed by atoms with Crippen LogP contribution in [0.15, 0.2) is 18.2 Å². The van der Waals surface area contributed by atoms with Crippen molar-refractivity contribution in [3.05, 3.63) is 23.8 Å². The summed E-state index contributed by atoms with van der Waals surface area (Å²) in [5.41, 5.74) is -0.102. The van der Waals surface area contributed by atoms with Crippen molar-refractivity contribution in [2.75, 3.05) is 18.4 Å². The van der Waals surface area contributed by atoms with Gasteiger partial charge in [0.15, 0.2) is 5.75 Å².